The second-order valence-electron chi connectivity index (χ2n) is 7.39. The standard InChI is InChI=1S/C23H23ClN2O5S/c1-14-6-5-7-15(10-14)16-8-9-20(31-4)19(12-16)25-32(29,30)21-13-17(23(28)26(2)3)11-18(24)22(21)27/h5-13,25,27H,1-4H3. The molecule has 0 aromatic heterocycles. The number of phenolic OH excluding ortho intramolecular Hbond substituents is 1. The molecule has 0 fully saturated rings. The molecule has 0 bridgehead atoms. The summed E-state index contributed by atoms with van der Waals surface area (Å²) >= 11 is 6.02. The number of amides is 1. The Morgan fingerprint density at radius 2 is 1.75 bits per heavy atom. The van der Waals surface area contributed by atoms with E-state index < -0.39 is 26.6 Å². The number of methoxy groups -OCH3 is 1. The highest BCUT2D eigenvalue weighted by molar-refractivity contribution is 7.92. The monoisotopic (exact) mass is 474 g/mol. The van der Waals surface area contributed by atoms with Crippen LogP contribution in [0.15, 0.2) is 59.5 Å². The van der Waals surface area contributed by atoms with Crippen molar-refractivity contribution in [3.05, 3.63) is 70.7 Å². The molecule has 3 aromatic carbocycles. The van der Waals surface area contributed by atoms with Gasteiger partial charge in [0.05, 0.1) is 17.8 Å². The van der Waals surface area contributed by atoms with E-state index in [4.69, 9.17) is 16.3 Å². The van der Waals surface area contributed by atoms with Crippen LogP contribution in [0.25, 0.3) is 11.1 Å². The van der Waals surface area contributed by atoms with Crippen molar-refractivity contribution in [1.29, 1.82) is 0 Å². The first-order valence-corrected chi connectivity index (χ1v) is 11.4. The number of aromatic hydroxyl groups is 1. The summed E-state index contributed by atoms with van der Waals surface area (Å²) in [5.74, 6) is -0.818. The average molecular weight is 475 g/mol. The minimum atomic E-state index is -4.32. The number of carbonyl (C=O) groups is 1. The number of ether oxygens (including phenoxy) is 1. The van der Waals surface area contributed by atoms with Gasteiger partial charge in [-0.3, -0.25) is 9.52 Å². The lowest BCUT2D eigenvalue weighted by Crippen LogP contribution is -2.22. The van der Waals surface area contributed by atoms with Crippen LogP contribution >= 0.6 is 11.6 Å². The molecule has 0 aliphatic rings. The van der Waals surface area contributed by atoms with E-state index in [1.54, 1.807) is 12.1 Å². The number of benzene rings is 3. The molecule has 0 heterocycles. The number of aryl methyl sites for hydroxylation is 1. The summed E-state index contributed by atoms with van der Waals surface area (Å²) in [6.45, 7) is 1.96. The molecule has 0 saturated heterocycles. The first-order chi connectivity index (χ1) is 15.0. The lowest BCUT2D eigenvalue weighted by molar-refractivity contribution is 0.0827. The Labute approximate surface area is 192 Å². The van der Waals surface area contributed by atoms with Gasteiger partial charge in [-0.1, -0.05) is 47.5 Å². The summed E-state index contributed by atoms with van der Waals surface area (Å²) in [7, 11) is 0.148. The van der Waals surface area contributed by atoms with Gasteiger partial charge in [-0.05, 0) is 42.3 Å². The van der Waals surface area contributed by atoms with Gasteiger partial charge in [0, 0.05) is 19.7 Å². The van der Waals surface area contributed by atoms with E-state index >= 15 is 0 Å². The summed E-state index contributed by atoms with van der Waals surface area (Å²) in [4.78, 5) is 13.1. The number of halogens is 1. The van der Waals surface area contributed by atoms with E-state index in [0.717, 1.165) is 22.8 Å². The number of nitrogens with zero attached hydrogens (tertiary/aromatic N) is 1. The molecule has 0 atom stereocenters. The molecular formula is C23H23ClN2O5S. The van der Waals surface area contributed by atoms with Crippen LogP contribution in [0.1, 0.15) is 15.9 Å². The maximum atomic E-state index is 13.2. The second-order valence-corrected chi connectivity index (χ2v) is 9.45. The molecule has 32 heavy (non-hydrogen) atoms. The SMILES string of the molecule is COc1ccc(-c2cccc(C)c2)cc1NS(=O)(=O)c1cc(C(=O)N(C)C)cc(Cl)c1O. The molecule has 0 saturated carbocycles. The van der Waals surface area contributed by atoms with Crippen LogP contribution in [0.3, 0.4) is 0 Å². The zero-order chi connectivity index (χ0) is 23.6. The van der Waals surface area contributed by atoms with Gasteiger partial charge in [-0.15, -0.1) is 0 Å². The number of anilines is 1. The smallest absolute Gasteiger partial charge is 0.265 e. The molecule has 1 amide bonds. The largest absolute Gasteiger partial charge is 0.505 e. The topological polar surface area (TPSA) is 95.9 Å². The first-order valence-electron chi connectivity index (χ1n) is 9.55. The number of hydrogen-bond donors (Lipinski definition) is 2. The average Bonchev–Trinajstić information content (AvgIpc) is 2.74. The van der Waals surface area contributed by atoms with Crippen LogP contribution in [-0.4, -0.2) is 45.5 Å². The summed E-state index contributed by atoms with van der Waals surface area (Å²) in [6.07, 6.45) is 0. The Bertz CT molecular complexity index is 1290. The third kappa shape index (κ3) is 4.81. The van der Waals surface area contributed by atoms with E-state index in [1.807, 2.05) is 37.3 Å². The van der Waals surface area contributed by atoms with Crippen LogP contribution in [0.4, 0.5) is 5.69 Å². The third-order valence-electron chi connectivity index (χ3n) is 4.77. The summed E-state index contributed by atoms with van der Waals surface area (Å²) in [5.41, 5.74) is 2.93. The van der Waals surface area contributed by atoms with Gasteiger partial charge >= 0.3 is 0 Å². The van der Waals surface area contributed by atoms with Gasteiger partial charge in [-0.25, -0.2) is 8.42 Å². The quantitative estimate of drug-likeness (QED) is 0.547. The molecule has 2 N–H and O–H groups in total. The lowest BCUT2D eigenvalue weighted by atomic mass is 10.0. The number of rotatable bonds is 6. The van der Waals surface area contributed by atoms with E-state index in [1.165, 1.54) is 32.2 Å². The molecule has 3 aromatic rings. The Kier molecular flexibility index (Phi) is 6.66. The number of carbonyl (C=O) groups excluding carboxylic acids is 1. The van der Waals surface area contributed by atoms with E-state index in [9.17, 15) is 18.3 Å². The normalized spacial score (nSPS) is 11.2. The molecule has 0 unspecified atom stereocenters. The van der Waals surface area contributed by atoms with Crippen molar-refractivity contribution in [2.75, 3.05) is 25.9 Å². The fourth-order valence-electron chi connectivity index (χ4n) is 3.15. The van der Waals surface area contributed by atoms with Crippen LogP contribution < -0.4 is 9.46 Å². The lowest BCUT2D eigenvalue weighted by Gasteiger charge is -2.16. The molecule has 9 heteroatoms. The zero-order valence-electron chi connectivity index (χ0n) is 18.0. The van der Waals surface area contributed by atoms with E-state index in [-0.39, 0.29) is 22.0 Å². The van der Waals surface area contributed by atoms with E-state index in [0.29, 0.717) is 0 Å². The molecule has 0 aliphatic heterocycles. The predicted molar refractivity (Wildman–Crippen MR) is 125 cm³/mol. The highest BCUT2D eigenvalue weighted by atomic mass is 35.5. The molecule has 0 aliphatic carbocycles. The number of hydrogen-bond acceptors (Lipinski definition) is 5. The van der Waals surface area contributed by atoms with Gasteiger partial charge in [0.1, 0.15) is 10.6 Å². The summed E-state index contributed by atoms with van der Waals surface area (Å²) in [5, 5.41) is 10.1. The van der Waals surface area contributed by atoms with Crippen LogP contribution in [0.5, 0.6) is 11.5 Å². The third-order valence-corrected chi connectivity index (χ3v) is 6.43. The Morgan fingerprint density at radius 1 is 1.06 bits per heavy atom. The predicted octanol–water partition coefficient (Wildman–Crippen LogP) is 4.53. The zero-order valence-corrected chi connectivity index (χ0v) is 19.6. The first kappa shape index (κ1) is 23.4. The number of sulfonamides is 1. The van der Waals surface area contributed by atoms with Gasteiger partial charge in [-0.2, -0.15) is 0 Å². The summed E-state index contributed by atoms with van der Waals surface area (Å²) < 4.78 is 34.1. The molecule has 168 valence electrons. The van der Waals surface area contributed by atoms with Crippen LogP contribution in [-0.2, 0) is 10.0 Å². The van der Waals surface area contributed by atoms with Gasteiger partial charge in [0.25, 0.3) is 15.9 Å². The Balaban J connectivity index is 2.08. The van der Waals surface area contributed by atoms with Gasteiger partial charge < -0.3 is 14.7 Å². The molecule has 0 radical (unpaired) electrons. The van der Waals surface area contributed by atoms with Crippen molar-refractivity contribution >= 4 is 33.2 Å². The Morgan fingerprint density at radius 3 is 2.38 bits per heavy atom. The molecule has 0 spiro atoms. The second kappa shape index (κ2) is 9.10. The minimum absolute atomic E-state index is 0.0265. The van der Waals surface area contributed by atoms with E-state index in [2.05, 4.69) is 4.72 Å². The molecule has 3 rings (SSSR count). The maximum absolute atomic E-state index is 13.2. The molecular weight excluding hydrogens is 452 g/mol. The summed E-state index contributed by atoms with van der Waals surface area (Å²) in [6, 6.07) is 15.2. The van der Waals surface area contributed by atoms with Gasteiger partial charge in [0.15, 0.2) is 5.75 Å². The van der Waals surface area contributed by atoms with Crippen molar-refractivity contribution in [1.82, 2.24) is 4.90 Å². The fraction of sp³-hybridized carbons (Fsp3) is 0.174. The van der Waals surface area contributed by atoms with Crippen molar-refractivity contribution in [3.63, 3.8) is 0 Å². The highest BCUT2D eigenvalue weighted by Gasteiger charge is 2.25. The fourth-order valence-corrected chi connectivity index (χ4v) is 4.63. The van der Waals surface area contributed by atoms with Crippen molar-refractivity contribution in [3.8, 4) is 22.6 Å². The number of phenols is 1. The number of nitrogens with one attached hydrogen (secondary N) is 1. The molecule has 7 nitrogen and oxygen atoms in total. The minimum Gasteiger partial charge on any atom is -0.505 e. The van der Waals surface area contributed by atoms with Crippen LogP contribution in [0, 0.1) is 6.92 Å². The van der Waals surface area contributed by atoms with Crippen LogP contribution in [0.2, 0.25) is 5.02 Å². The highest BCUT2D eigenvalue weighted by Crippen LogP contribution is 2.36. The van der Waals surface area contributed by atoms with Crippen molar-refractivity contribution < 1.29 is 23.1 Å². The van der Waals surface area contributed by atoms with Gasteiger partial charge in [0.2, 0.25) is 0 Å². The maximum Gasteiger partial charge on any atom is 0.265 e. The van der Waals surface area contributed by atoms with Crippen molar-refractivity contribution in [2.45, 2.75) is 11.8 Å². The van der Waals surface area contributed by atoms with Crippen molar-refractivity contribution in [2.24, 2.45) is 0 Å². The Hall–Kier alpha value is -3.23.